The van der Waals surface area contributed by atoms with Crippen LogP contribution in [0.5, 0.6) is 11.5 Å². The summed E-state index contributed by atoms with van der Waals surface area (Å²) in [5.41, 5.74) is 9.50. The van der Waals surface area contributed by atoms with Gasteiger partial charge in [0, 0.05) is 38.0 Å². The number of halogens is 6. The highest BCUT2D eigenvalue weighted by molar-refractivity contribution is 5.94. The minimum Gasteiger partial charge on any atom is -0.492 e. The number of aryl methyl sites for hydroxylation is 3. The summed E-state index contributed by atoms with van der Waals surface area (Å²) in [6, 6.07) is 19.6. The number of fused-ring (bicyclic) bond motifs is 2. The minimum absolute atomic E-state index is 0.0500. The van der Waals surface area contributed by atoms with Crippen LogP contribution >= 0.6 is 0 Å². The number of azide groups is 1. The molecule has 2 aliphatic rings. The number of carbonyl (C=O) groups excluding carboxylic acids is 6. The Morgan fingerprint density at radius 1 is 0.620 bits per heavy atom. The minimum atomic E-state index is -4.55. The highest BCUT2D eigenvalue weighted by Gasteiger charge is 2.36. The van der Waals surface area contributed by atoms with Gasteiger partial charge in [-0.25, -0.2) is 4.68 Å². The van der Waals surface area contributed by atoms with Crippen LogP contribution in [0.2, 0.25) is 0 Å². The number of nitriles is 1. The topological polar surface area (TPSA) is 333 Å². The van der Waals surface area contributed by atoms with Crippen molar-refractivity contribution in [3.8, 4) is 17.6 Å². The summed E-state index contributed by atoms with van der Waals surface area (Å²) >= 11 is 0. The van der Waals surface area contributed by atoms with E-state index in [9.17, 15) is 55.1 Å². The molecule has 0 aliphatic carbocycles. The second kappa shape index (κ2) is 36.5. The summed E-state index contributed by atoms with van der Waals surface area (Å²) in [5, 5.41) is 44.6. The van der Waals surface area contributed by atoms with Gasteiger partial charge in [-0.2, -0.15) is 31.6 Å². The molecule has 8 N–H and O–H groups in total. The number of tetrazole rings is 1. The Labute approximate surface area is 528 Å². The molecular weight excluding hydrogens is 1210 g/mol. The molecule has 4 aromatic carbocycles. The van der Waals surface area contributed by atoms with Gasteiger partial charge in [-0.3, -0.25) is 28.8 Å². The van der Waals surface area contributed by atoms with E-state index in [4.69, 9.17) is 20.3 Å². The maximum Gasteiger partial charge on any atom is 0.416 e. The lowest BCUT2D eigenvalue weighted by Crippen LogP contribution is -2.59. The maximum absolute atomic E-state index is 13.7. The van der Waals surface area contributed by atoms with Crippen molar-refractivity contribution in [2.24, 2.45) is 17.0 Å². The van der Waals surface area contributed by atoms with Crippen molar-refractivity contribution >= 4 is 35.4 Å². The standard InChI is InChI=1S/C31H39F3N8O4.C29H36F3N7O4.C2H3N/c1-19(2)27-30(45)37-25(18-42-20(3)39-40-41-42)28(43)36-13-7-10-22-9-4-5-12-26(22)46-15-14-35-24(29(44)38-27)17-21-8-6-11-23(16-21)31(32,33)34;1-18(2)25-28(42)37-23(17-36-39-33)26(40)35-12-6-9-20-8-3-4-11-24(20)43-14-13-34-22(27(41)38-25)16-19-7-5-10-21(15-19)29(30,31)32;1-2-3/h4-6,8-9,11-12,16,19,24-25,27,35H,7,10,13-15,17-18H2,1-3H3,(H,36,43)(H,37,45)(H,38,44);3-5,7-8,10-11,15,18,22-23,25,34H,6,9,12-14,16-17H2,1-2H3,(H,35,40)(H,37,42)(H,38,41);1H3/t24-,25+,27-;22-,23+,25-;/m11./s1. The van der Waals surface area contributed by atoms with Gasteiger partial charge in [0.2, 0.25) is 35.4 Å². The van der Waals surface area contributed by atoms with Gasteiger partial charge in [-0.05, 0) is 120 Å². The number of amides is 6. The number of nitrogens with one attached hydrogen (secondary N) is 8. The Hall–Kier alpha value is -9.33. The van der Waals surface area contributed by atoms with E-state index in [1.54, 1.807) is 46.8 Å². The van der Waals surface area contributed by atoms with Gasteiger partial charge >= 0.3 is 12.4 Å². The van der Waals surface area contributed by atoms with Crippen LogP contribution in [-0.4, -0.2) is 138 Å². The summed E-state index contributed by atoms with van der Waals surface area (Å²) in [7, 11) is 0. The highest BCUT2D eigenvalue weighted by Crippen LogP contribution is 2.31. The van der Waals surface area contributed by atoms with Gasteiger partial charge in [0.05, 0.1) is 42.4 Å². The lowest BCUT2D eigenvalue weighted by molar-refractivity contribution is -0.138. The molecule has 30 heteroatoms. The van der Waals surface area contributed by atoms with Crippen molar-refractivity contribution in [2.45, 2.75) is 135 Å². The number of alkyl halides is 6. The number of benzene rings is 4. The molecule has 496 valence electrons. The number of nitrogens with zero attached hydrogens (tertiary/aromatic N) is 8. The van der Waals surface area contributed by atoms with Crippen LogP contribution < -0.4 is 52.0 Å². The van der Waals surface area contributed by atoms with Crippen molar-refractivity contribution < 1.29 is 64.6 Å². The number of hydrogen-bond acceptors (Lipinski definition) is 15. The van der Waals surface area contributed by atoms with Crippen molar-refractivity contribution in [2.75, 3.05) is 45.9 Å². The van der Waals surface area contributed by atoms with E-state index in [1.807, 2.05) is 42.5 Å². The van der Waals surface area contributed by atoms with E-state index in [2.05, 4.69) is 68.1 Å². The molecule has 6 amide bonds. The summed E-state index contributed by atoms with van der Waals surface area (Å²) < 4.78 is 93.6. The molecule has 0 bridgehead atoms. The summed E-state index contributed by atoms with van der Waals surface area (Å²) in [5.74, 6) is -2.61. The molecule has 0 saturated heterocycles. The number of aromatic nitrogens is 4. The third kappa shape index (κ3) is 23.8. The van der Waals surface area contributed by atoms with E-state index < -0.39 is 107 Å². The predicted molar refractivity (Wildman–Crippen MR) is 326 cm³/mol. The van der Waals surface area contributed by atoms with E-state index >= 15 is 0 Å². The van der Waals surface area contributed by atoms with Gasteiger partial charge < -0.3 is 52.0 Å². The van der Waals surface area contributed by atoms with Crippen LogP contribution in [0.4, 0.5) is 26.3 Å². The number of para-hydroxylation sites is 2. The largest absolute Gasteiger partial charge is 0.492 e. The average Bonchev–Trinajstić information content (AvgIpc) is 1.31. The van der Waals surface area contributed by atoms with Gasteiger partial charge in [0.15, 0.2) is 0 Å². The van der Waals surface area contributed by atoms with E-state index in [0.717, 1.165) is 35.4 Å². The van der Waals surface area contributed by atoms with Crippen molar-refractivity contribution in [3.63, 3.8) is 0 Å². The third-order valence-corrected chi connectivity index (χ3v) is 14.5. The smallest absolute Gasteiger partial charge is 0.416 e. The highest BCUT2D eigenvalue weighted by atomic mass is 19.4. The van der Waals surface area contributed by atoms with Crippen molar-refractivity contribution in [3.05, 3.63) is 147 Å². The molecule has 3 heterocycles. The zero-order valence-electron chi connectivity index (χ0n) is 51.9. The SMILES string of the molecule is CC#N.CC(C)[C@H]1NC(=O)[C@@H](Cc2cccc(C(F)(F)F)c2)NCCOc2ccccc2CCCNC(=O)[C@H](CN=[N+]=[N-])NC1=O.Cc1nnnn1C[C@@H]1NC(=O)[C@@H](C(C)C)NC(=O)[C@@H](Cc2cccc(C(F)(F)F)c2)NCCOc2ccccc2CCCNC1=O. The van der Waals surface area contributed by atoms with E-state index in [0.29, 0.717) is 56.1 Å². The number of carbonyl (C=O) groups is 6. The summed E-state index contributed by atoms with van der Waals surface area (Å²) in [4.78, 5) is 82.9. The Morgan fingerprint density at radius 3 is 1.47 bits per heavy atom. The Kier molecular flexibility index (Phi) is 29.1. The summed E-state index contributed by atoms with van der Waals surface area (Å²) in [6.45, 7) is 10.9. The number of hydrogen-bond donors (Lipinski definition) is 8. The molecule has 0 spiro atoms. The van der Waals surface area contributed by atoms with Gasteiger partial charge in [0.1, 0.15) is 54.7 Å². The average molecular weight is 1290 g/mol. The first kappa shape index (κ1) is 73.4. The molecule has 24 nitrogen and oxygen atoms in total. The fourth-order valence-electron chi connectivity index (χ4n) is 9.65. The molecule has 0 unspecified atom stereocenters. The Bertz CT molecular complexity index is 3330. The van der Waals surface area contributed by atoms with Crippen LogP contribution in [0.25, 0.3) is 10.4 Å². The molecular formula is C62H78F6N16O8. The fraction of sp³-hybridized carbons (Fsp3) is 0.484. The lowest BCUT2D eigenvalue weighted by Gasteiger charge is -2.27. The molecule has 1 aromatic heterocycles. The van der Waals surface area contributed by atoms with E-state index in [-0.39, 0.29) is 63.4 Å². The molecule has 6 atom stereocenters. The normalized spacial score (nSPS) is 20.4. The Morgan fingerprint density at radius 2 is 1.05 bits per heavy atom. The molecule has 2 aliphatic heterocycles. The lowest BCUT2D eigenvalue weighted by atomic mass is 9.99. The van der Waals surface area contributed by atoms with Gasteiger partial charge in [0.25, 0.3) is 0 Å². The third-order valence-electron chi connectivity index (χ3n) is 14.5. The van der Waals surface area contributed by atoms with Crippen LogP contribution in [-0.2, 0) is 73.3 Å². The maximum atomic E-state index is 13.7. The van der Waals surface area contributed by atoms with Crippen LogP contribution in [0.1, 0.15) is 86.7 Å². The molecule has 0 saturated carbocycles. The second-order valence-electron chi connectivity index (χ2n) is 22.1. The number of ether oxygens (including phenoxy) is 2. The van der Waals surface area contributed by atoms with Crippen LogP contribution in [0.3, 0.4) is 0 Å². The zero-order chi connectivity index (χ0) is 67.4. The van der Waals surface area contributed by atoms with Gasteiger partial charge in [-0.15, -0.1) is 5.10 Å². The van der Waals surface area contributed by atoms with Crippen LogP contribution in [0.15, 0.2) is 102 Å². The molecule has 7 rings (SSSR count). The Balaban J connectivity index is 0.000000321. The fourth-order valence-corrected chi connectivity index (χ4v) is 9.65. The zero-order valence-corrected chi connectivity index (χ0v) is 51.9. The van der Waals surface area contributed by atoms with Gasteiger partial charge in [-0.1, -0.05) is 106 Å². The number of rotatable bonds is 10. The summed E-state index contributed by atoms with van der Waals surface area (Å²) in [6.07, 6.45) is -6.94. The quantitative estimate of drug-likeness (QED) is 0.0356. The first-order chi connectivity index (χ1) is 43.8. The van der Waals surface area contributed by atoms with Crippen molar-refractivity contribution in [1.82, 2.24) is 62.7 Å². The second-order valence-corrected chi connectivity index (χ2v) is 22.1. The first-order valence-corrected chi connectivity index (χ1v) is 29.8. The molecule has 92 heavy (non-hydrogen) atoms. The van der Waals surface area contributed by atoms with Crippen molar-refractivity contribution in [1.29, 1.82) is 5.26 Å². The molecule has 5 aromatic rings. The first-order valence-electron chi connectivity index (χ1n) is 29.8. The molecule has 0 fully saturated rings. The monoisotopic (exact) mass is 1290 g/mol. The predicted octanol–water partition coefficient (Wildman–Crippen LogP) is 5.78. The molecule has 0 radical (unpaired) electrons. The van der Waals surface area contributed by atoms with E-state index in [1.165, 1.54) is 35.9 Å². The van der Waals surface area contributed by atoms with Crippen LogP contribution in [0, 0.1) is 30.1 Å².